The summed E-state index contributed by atoms with van der Waals surface area (Å²) >= 11 is 0. The Kier molecular flexibility index (Phi) is 8.98. The van der Waals surface area contributed by atoms with Crippen LogP contribution in [0.5, 0.6) is 11.5 Å². The van der Waals surface area contributed by atoms with E-state index in [1.54, 1.807) is 67.7 Å². The number of rotatable bonds is 10. The van der Waals surface area contributed by atoms with E-state index in [9.17, 15) is 14.4 Å². The maximum Gasteiger partial charge on any atom is 0.251 e. The summed E-state index contributed by atoms with van der Waals surface area (Å²) in [7, 11) is 3.13. The van der Waals surface area contributed by atoms with Gasteiger partial charge in [-0.05, 0) is 66.8 Å². The smallest absolute Gasteiger partial charge is 0.251 e. The van der Waals surface area contributed by atoms with Gasteiger partial charge in [-0.1, -0.05) is 42.5 Å². The lowest BCUT2D eigenvalue weighted by Gasteiger charge is -2.27. The number of amides is 3. The summed E-state index contributed by atoms with van der Waals surface area (Å²) in [5.74, 6) is 0.506. The highest BCUT2D eigenvalue weighted by Crippen LogP contribution is 2.24. The molecule has 1 aliphatic rings. The van der Waals surface area contributed by atoms with Gasteiger partial charge in [-0.3, -0.25) is 14.4 Å². The van der Waals surface area contributed by atoms with E-state index in [0.717, 1.165) is 12.0 Å². The topological polar surface area (TPSA) is 97.0 Å². The largest absolute Gasteiger partial charge is 0.497 e. The molecular weight excluding hydrogens is 482 g/mol. The first kappa shape index (κ1) is 26.7. The van der Waals surface area contributed by atoms with Crippen molar-refractivity contribution in [2.24, 2.45) is 0 Å². The van der Waals surface area contributed by atoms with Crippen molar-refractivity contribution < 1.29 is 23.9 Å². The number of ether oxygens (including phenoxy) is 2. The van der Waals surface area contributed by atoms with E-state index in [2.05, 4.69) is 10.6 Å². The Morgan fingerprint density at radius 3 is 2.16 bits per heavy atom. The van der Waals surface area contributed by atoms with Crippen LogP contribution >= 0.6 is 0 Å². The Hall–Kier alpha value is -4.33. The van der Waals surface area contributed by atoms with E-state index in [4.69, 9.17) is 9.47 Å². The van der Waals surface area contributed by atoms with Crippen LogP contribution in [0.1, 0.15) is 36.4 Å². The van der Waals surface area contributed by atoms with Gasteiger partial charge in [-0.25, -0.2) is 0 Å². The van der Waals surface area contributed by atoms with E-state index in [-0.39, 0.29) is 11.8 Å². The highest BCUT2D eigenvalue weighted by Gasteiger charge is 2.36. The van der Waals surface area contributed by atoms with Gasteiger partial charge in [0.1, 0.15) is 23.6 Å². The van der Waals surface area contributed by atoms with Crippen molar-refractivity contribution in [2.45, 2.75) is 37.8 Å². The quantitative estimate of drug-likeness (QED) is 0.423. The Labute approximate surface area is 222 Å². The monoisotopic (exact) mass is 515 g/mol. The van der Waals surface area contributed by atoms with Crippen molar-refractivity contribution in [2.75, 3.05) is 26.1 Å². The molecule has 0 spiro atoms. The molecule has 1 aliphatic heterocycles. The van der Waals surface area contributed by atoms with Crippen LogP contribution in [0.4, 0.5) is 5.69 Å². The summed E-state index contributed by atoms with van der Waals surface area (Å²) in [6, 6.07) is 22.2. The van der Waals surface area contributed by atoms with Crippen molar-refractivity contribution in [3.05, 3.63) is 90.0 Å². The molecule has 3 aromatic rings. The van der Waals surface area contributed by atoms with Crippen LogP contribution in [0.25, 0.3) is 0 Å². The third-order valence-corrected chi connectivity index (χ3v) is 6.70. The molecule has 0 saturated carbocycles. The predicted molar refractivity (Wildman–Crippen MR) is 145 cm³/mol. The van der Waals surface area contributed by atoms with Crippen molar-refractivity contribution >= 4 is 23.4 Å². The van der Waals surface area contributed by atoms with E-state index in [0.29, 0.717) is 48.6 Å². The fourth-order valence-electron chi connectivity index (χ4n) is 4.60. The zero-order valence-electron chi connectivity index (χ0n) is 21.7. The van der Waals surface area contributed by atoms with Crippen LogP contribution in [-0.4, -0.2) is 49.4 Å². The second-order valence-electron chi connectivity index (χ2n) is 9.16. The molecule has 0 unspecified atom stereocenters. The van der Waals surface area contributed by atoms with Gasteiger partial charge >= 0.3 is 0 Å². The number of hydrogen-bond acceptors (Lipinski definition) is 5. The highest BCUT2D eigenvalue weighted by atomic mass is 16.5. The van der Waals surface area contributed by atoms with Crippen LogP contribution in [0.2, 0.25) is 0 Å². The normalized spacial score (nSPS) is 15.4. The van der Waals surface area contributed by atoms with E-state index in [1.807, 2.05) is 30.3 Å². The first-order valence-corrected chi connectivity index (χ1v) is 12.7. The summed E-state index contributed by atoms with van der Waals surface area (Å²) in [5.41, 5.74) is 2.25. The minimum atomic E-state index is -0.961. The number of carbonyl (C=O) groups is 3. The second-order valence-corrected chi connectivity index (χ2v) is 9.16. The van der Waals surface area contributed by atoms with Gasteiger partial charge < -0.3 is 25.0 Å². The number of hydrogen-bond donors (Lipinski definition) is 2. The van der Waals surface area contributed by atoms with E-state index in [1.165, 1.54) is 0 Å². The van der Waals surface area contributed by atoms with Crippen molar-refractivity contribution in [3.8, 4) is 11.5 Å². The highest BCUT2D eigenvalue weighted by molar-refractivity contribution is 5.99. The van der Waals surface area contributed by atoms with Gasteiger partial charge in [0, 0.05) is 18.7 Å². The van der Waals surface area contributed by atoms with Crippen LogP contribution in [-0.2, 0) is 20.8 Å². The molecule has 0 aromatic heterocycles. The third kappa shape index (κ3) is 6.70. The second kappa shape index (κ2) is 12.8. The number of anilines is 1. The lowest BCUT2D eigenvalue weighted by Crippen LogP contribution is -2.48. The van der Waals surface area contributed by atoms with E-state index >= 15 is 0 Å². The summed E-state index contributed by atoms with van der Waals surface area (Å²) < 4.78 is 10.4. The van der Waals surface area contributed by atoms with Crippen molar-refractivity contribution in [1.82, 2.24) is 10.2 Å². The Bertz CT molecular complexity index is 1230. The number of carbonyl (C=O) groups excluding carboxylic acids is 3. The predicted octanol–water partition coefficient (Wildman–Crippen LogP) is 4.12. The van der Waals surface area contributed by atoms with Crippen LogP contribution in [0.15, 0.2) is 78.9 Å². The Balaban J connectivity index is 1.47. The fraction of sp³-hybridized carbons (Fsp3) is 0.300. The lowest BCUT2D eigenvalue weighted by molar-refractivity contribution is -0.139. The van der Waals surface area contributed by atoms with Gasteiger partial charge in [0.05, 0.1) is 14.2 Å². The number of likely N-dealkylation sites (tertiary alicyclic amines) is 1. The average molecular weight is 516 g/mol. The number of nitrogens with zero attached hydrogens (tertiary/aromatic N) is 1. The van der Waals surface area contributed by atoms with Crippen LogP contribution in [0.3, 0.4) is 0 Å². The molecule has 2 atom stereocenters. The zero-order valence-corrected chi connectivity index (χ0v) is 21.7. The zero-order chi connectivity index (χ0) is 26.9. The average Bonchev–Trinajstić information content (AvgIpc) is 3.46. The molecule has 3 aromatic carbocycles. The Morgan fingerprint density at radius 1 is 0.895 bits per heavy atom. The molecule has 38 heavy (non-hydrogen) atoms. The molecule has 4 rings (SSSR count). The van der Waals surface area contributed by atoms with Gasteiger partial charge in [-0.2, -0.15) is 0 Å². The van der Waals surface area contributed by atoms with Crippen LogP contribution < -0.4 is 20.1 Å². The summed E-state index contributed by atoms with van der Waals surface area (Å²) in [4.78, 5) is 41.5. The summed E-state index contributed by atoms with van der Waals surface area (Å²) in [6.07, 6.45) is 2.23. The number of nitrogens with one attached hydrogen (secondary N) is 2. The molecular formula is C30H33N3O5. The fourth-order valence-corrected chi connectivity index (χ4v) is 4.60. The maximum absolute atomic E-state index is 13.5. The molecule has 3 amide bonds. The standard InChI is InChI=1S/C30H33N3O5/c1-37-24-15-11-22(12-16-24)28(30(36)31-23-13-17-25(38-2)18-14-23)32-29(35)26-9-6-20-33(26)27(34)19-10-21-7-4-3-5-8-21/h3-5,7-8,11-18,26,28H,6,9-10,19-20H2,1-2H3,(H,31,36)(H,32,35)/t26-,28-/m0/s1. The Morgan fingerprint density at radius 2 is 1.53 bits per heavy atom. The first-order valence-electron chi connectivity index (χ1n) is 12.7. The molecule has 1 saturated heterocycles. The molecule has 0 aliphatic carbocycles. The number of benzene rings is 3. The minimum Gasteiger partial charge on any atom is -0.497 e. The number of aryl methyl sites for hydroxylation is 1. The van der Waals surface area contributed by atoms with Gasteiger partial charge in [0.25, 0.3) is 5.91 Å². The molecule has 0 bridgehead atoms. The molecule has 1 heterocycles. The van der Waals surface area contributed by atoms with Crippen molar-refractivity contribution in [3.63, 3.8) is 0 Å². The maximum atomic E-state index is 13.5. The molecule has 1 fully saturated rings. The van der Waals surface area contributed by atoms with Gasteiger partial charge in [0.15, 0.2) is 0 Å². The molecule has 8 heteroatoms. The summed E-state index contributed by atoms with van der Waals surface area (Å²) in [6.45, 7) is 0.525. The SMILES string of the molecule is COc1ccc(NC(=O)[C@@H](NC(=O)[C@@H]2CCCN2C(=O)CCc2ccccc2)c2ccc(OC)cc2)cc1. The first-order chi connectivity index (χ1) is 18.5. The van der Waals surface area contributed by atoms with Gasteiger partial charge in [-0.15, -0.1) is 0 Å². The number of methoxy groups -OCH3 is 2. The molecule has 2 N–H and O–H groups in total. The summed E-state index contributed by atoms with van der Waals surface area (Å²) in [5, 5.41) is 5.77. The van der Waals surface area contributed by atoms with Crippen LogP contribution in [0, 0.1) is 0 Å². The lowest BCUT2D eigenvalue weighted by atomic mass is 10.0. The molecule has 8 nitrogen and oxygen atoms in total. The third-order valence-electron chi connectivity index (χ3n) is 6.70. The molecule has 198 valence electrons. The minimum absolute atomic E-state index is 0.0600. The van der Waals surface area contributed by atoms with E-state index < -0.39 is 18.0 Å². The van der Waals surface area contributed by atoms with Gasteiger partial charge in [0.2, 0.25) is 11.8 Å². The molecule has 0 radical (unpaired) electrons. The van der Waals surface area contributed by atoms with Crippen molar-refractivity contribution in [1.29, 1.82) is 0 Å².